The molecule has 0 radical (unpaired) electrons. The highest BCUT2D eigenvalue weighted by atomic mass is 32.2. The number of nitrogens with zero attached hydrogens (tertiary/aromatic N) is 2. The number of amides is 1. The number of nitro groups is 1. The molecule has 2 rings (SSSR count). The number of non-ortho nitro benzene ring substituents is 1. The molecule has 0 bridgehead atoms. The summed E-state index contributed by atoms with van der Waals surface area (Å²) >= 11 is 0. The number of hydrazine groups is 1. The van der Waals surface area contributed by atoms with Crippen LogP contribution in [0, 0.1) is 10.1 Å². The SMILES string of the molecule is NNc1ccc([N+](=O)[O-])cc1S(=O)(=O)N1CCNC(=O)C1. The Bertz CT molecular complexity index is 689. The molecule has 1 aromatic rings. The standard InChI is InChI=1S/C10H13N5O5S/c11-13-8-2-1-7(15(17)18)5-9(8)21(19,20)14-4-3-12-10(16)6-14/h1-2,5,13H,3-4,6,11H2,(H,12,16). The molecular weight excluding hydrogens is 302 g/mol. The topological polar surface area (TPSA) is 148 Å². The van der Waals surface area contributed by atoms with E-state index in [4.69, 9.17) is 5.84 Å². The van der Waals surface area contributed by atoms with Gasteiger partial charge in [-0.3, -0.25) is 20.8 Å². The number of anilines is 1. The molecule has 0 aromatic heterocycles. The van der Waals surface area contributed by atoms with E-state index in [0.717, 1.165) is 16.4 Å². The third kappa shape index (κ3) is 2.94. The Morgan fingerprint density at radius 3 is 2.71 bits per heavy atom. The van der Waals surface area contributed by atoms with Gasteiger partial charge in [0.1, 0.15) is 4.90 Å². The predicted octanol–water partition coefficient (Wildman–Crippen LogP) is -0.999. The van der Waals surface area contributed by atoms with Crippen LogP contribution < -0.4 is 16.6 Å². The first kappa shape index (κ1) is 15.2. The Hall–Kier alpha value is -2.24. The number of hydrogen-bond acceptors (Lipinski definition) is 7. The van der Waals surface area contributed by atoms with Gasteiger partial charge in [0.15, 0.2) is 0 Å². The van der Waals surface area contributed by atoms with E-state index in [1.54, 1.807) is 0 Å². The fraction of sp³-hybridized carbons (Fsp3) is 0.300. The van der Waals surface area contributed by atoms with Gasteiger partial charge in [-0.2, -0.15) is 4.31 Å². The van der Waals surface area contributed by atoms with Gasteiger partial charge in [-0.15, -0.1) is 0 Å². The number of rotatable bonds is 4. The van der Waals surface area contributed by atoms with E-state index in [2.05, 4.69) is 10.7 Å². The highest BCUT2D eigenvalue weighted by Crippen LogP contribution is 2.28. The van der Waals surface area contributed by atoms with Gasteiger partial charge in [0.25, 0.3) is 5.69 Å². The lowest BCUT2D eigenvalue weighted by molar-refractivity contribution is -0.385. The van der Waals surface area contributed by atoms with Gasteiger partial charge >= 0.3 is 0 Å². The van der Waals surface area contributed by atoms with E-state index in [1.165, 1.54) is 6.07 Å². The maximum atomic E-state index is 12.5. The van der Waals surface area contributed by atoms with Gasteiger partial charge in [-0.05, 0) is 6.07 Å². The molecule has 0 atom stereocenters. The Morgan fingerprint density at radius 2 is 2.14 bits per heavy atom. The van der Waals surface area contributed by atoms with Crippen LogP contribution in [0.15, 0.2) is 23.1 Å². The van der Waals surface area contributed by atoms with Gasteiger partial charge in [0.2, 0.25) is 15.9 Å². The number of benzene rings is 1. The van der Waals surface area contributed by atoms with Gasteiger partial charge < -0.3 is 10.7 Å². The summed E-state index contributed by atoms with van der Waals surface area (Å²) in [5, 5.41) is 13.3. The minimum atomic E-state index is -4.07. The van der Waals surface area contributed by atoms with Crippen molar-refractivity contribution in [2.24, 2.45) is 5.84 Å². The van der Waals surface area contributed by atoms with Crippen molar-refractivity contribution in [3.05, 3.63) is 28.3 Å². The van der Waals surface area contributed by atoms with Crippen LogP contribution in [-0.2, 0) is 14.8 Å². The molecule has 0 aliphatic carbocycles. The van der Waals surface area contributed by atoms with E-state index in [9.17, 15) is 23.3 Å². The summed E-state index contributed by atoms with van der Waals surface area (Å²) in [4.78, 5) is 21.1. The lowest BCUT2D eigenvalue weighted by Crippen LogP contribution is -2.49. The molecule has 1 fully saturated rings. The largest absolute Gasteiger partial charge is 0.354 e. The van der Waals surface area contributed by atoms with E-state index < -0.39 is 20.9 Å². The average Bonchev–Trinajstić information content (AvgIpc) is 2.46. The second-order valence-electron chi connectivity index (χ2n) is 4.27. The Morgan fingerprint density at radius 1 is 1.43 bits per heavy atom. The van der Waals surface area contributed by atoms with Gasteiger partial charge in [-0.1, -0.05) is 0 Å². The summed E-state index contributed by atoms with van der Waals surface area (Å²) < 4.78 is 26.0. The maximum absolute atomic E-state index is 12.5. The fourth-order valence-electron chi connectivity index (χ4n) is 1.92. The average molecular weight is 315 g/mol. The van der Waals surface area contributed by atoms with Gasteiger partial charge in [-0.25, -0.2) is 8.42 Å². The lowest BCUT2D eigenvalue weighted by atomic mass is 10.3. The number of carbonyl (C=O) groups is 1. The number of piperazine rings is 1. The van der Waals surface area contributed by atoms with Crippen molar-refractivity contribution in [1.82, 2.24) is 9.62 Å². The summed E-state index contributed by atoms with van der Waals surface area (Å²) in [7, 11) is -4.07. The first-order valence-electron chi connectivity index (χ1n) is 5.88. The van der Waals surface area contributed by atoms with Crippen molar-refractivity contribution >= 4 is 27.3 Å². The molecule has 0 saturated carbocycles. The molecule has 10 nitrogen and oxygen atoms in total. The third-order valence-corrected chi connectivity index (χ3v) is 4.84. The van der Waals surface area contributed by atoms with Crippen molar-refractivity contribution in [1.29, 1.82) is 0 Å². The van der Waals surface area contributed by atoms with Crippen LogP contribution in [0.25, 0.3) is 0 Å². The number of nitrogens with two attached hydrogens (primary N) is 1. The molecule has 21 heavy (non-hydrogen) atoms. The first-order valence-corrected chi connectivity index (χ1v) is 7.32. The van der Waals surface area contributed by atoms with Crippen molar-refractivity contribution < 1.29 is 18.1 Å². The van der Waals surface area contributed by atoms with E-state index >= 15 is 0 Å². The number of nitrogen functional groups attached to an aromatic ring is 1. The van der Waals surface area contributed by atoms with Gasteiger partial charge in [0, 0.05) is 25.2 Å². The second-order valence-corrected chi connectivity index (χ2v) is 6.18. The Labute approximate surface area is 120 Å². The molecule has 114 valence electrons. The van der Waals surface area contributed by atoms with Crippen LogP contribution in [0.2, 0.25) is 0 Å². The summed E-state index contributed by atoms with van der Waals surface area (Å²) in [5.41, 5.74) is 1.83. The lowest BCUT2D eigenvalue weighted by Gasteiger charge is -2.26. The zero-order valence-corrected chi connectivity index (χ0v) is 11.6. The van der Waals surface area contributed by atoms with Crippen molar-refractivity contribution in [3.63, 3.8) is 0 Å². The highest BCUT2D eigenvalue weighted by Gasteiger charge is 2.32. The van der Waals surface area contributed by atoms with Crippen molar-refractivity contribution in [2.75, 3.05) is 25.1 Å². The quantitative estimate of drug-likeness (QED) is 0.366. The number of nitrogens with one attached hydrogen (secondary N) is 2. The Kier molecular flexibility index (Phi) is 4.06. The van der Waals surface area contributed by atoms with E-state index in [-0.39, 0.29) is 35.9 Å². The summed E-state index contributed by atoms with van der Waals surface area (Å²) in [6, 6.07) is 3.25. The minimum absolute atomic E-state index is 0.0200. The molecule has 0 spiro atoms. The summed E-state index contributed by atoms with van der Waals surface area (Å²) in [6.07, 6.45) is 0. The fourth-order valence-corrected chi connectivity index (χ4v) is 3.49. The van der Waals surface area contributed by atoms with Crippen molar-refractivity contribution in [2.45, 2.75) is 4.90 Å². The van der Waals surface area contributed by atoms with E-state index in [0.29, 0.717) is 0 Å². The zero-order valence-electron chi connectivity index (χ0n) is 10.8. The molecule has 0 unspecified atom stereocenters. The molecule has 1 aliphatic rings. The van der Waals surface area contributed by atoms with Crippen LogP contribution in [0.1, 0.15) is 0 Å². The maximum Gasteiger partial charge on any atom is 0.270 e. The molecule has 11 heteroatoms. The number of nitro benzene ring substituents is 1. The highest BCUT2D eigenvalue weighted by molar-refractivity contribution is 7.89. The first-order chi connectivity index (χ1) is 9.86. The van der Waals surface area contributed by atoms with Crippen LogP contribution in [0.3, 0.4) is 0 Å². The smallest absolute Gasteiger partial charge is 0.270 e. The van der Waals surface area contributed by atoms with Crippen LogP contribution >= 0.6 is 0 Å². The number of hydrogen-bond donors (Lipinski definition) is 3. The minimum Gasteiger partial charge on any atom is -0.354 e. The van der Waals surface area contributed by atoms with Crippen molar-refractivity contribution in [3.8, 4) is 0 Å². The molecular formula is C10H13N5O5S. The molecule has 1 aliphatic heterocycles. The van der Waals surface area contributed by atoms with Crippen LogP contribution in [0.5, 0.6) is 0 Å². The van der Waals surface area contributed by atoms with Gasteiger partial charge in [0.05, 0.1) is 17.2 Å². The number of carbonyl (C=O) groups excluding carboxylic acids is 1. The normalized spacial score (nSPS) is 16.3. The third-order valence-electron chi connectivity index (χ3n) is 2.95. The molecule has 4 N–H and O–H groups in total. The molecule has 1 amide bonds. The molecule has 1 saturated heterocycles. The monoisotopic (exact) mass is 315 g/mol. The zero-order chi connectivity index (χ0) is 15.6. The van der Waals surface area contributed by atoms with Crippen LogP contribution in [0.4, 0.5) is 11.4 Å². The van der Waals surface area contributed by atoms with E-state index in [1.807, 2.05) is 0 Å². The summed E-state index contributed by atoms with van der Waals surface area (Å²) in [6.45, 7) is -0.0752. The molecule has 1 heterocycles. The Balaban J connectivity index is 2.49. The number of sulfonamides is 1. The molecule has 1 aromatic carbocycles. The van der Waals surface area contributed by atoms with Crippen LogP contribution in [-0.4, -0.2) is 43.2 Å². The summed E-state index contributed by atoms with van der Waals surface area (Å²) in [5.74, 6) is 4.82. The predicted molar refractivity (Wildman–Crippen MR) is 72.7 cm³/mol. The second kappa shape index (κ2) is 5.63.